The number of benzene rings is 2. The highest BCUT2D eigenvalue weighted by Crippen LogP contribution is 2.29. The highest BCUT2D eigenvalue weighted by atomic mass is 15.0. The molecule has 22 heavy (non-hydrogen) atoms. The maximum Gasteiger partial charge on any atom is 0.0494 e. The Kier molecular flexibility index (Phi) is 4.24. The van der Waals surface area contributed by atoms with E-state index in [0.29, 0.717) is 0 Å². The lowest BCUT2D eigenvalue weighted by Gasteiger charge is -2.12. The number of aromatic nitrogens is 1. The van der Waals surface area contributed by atoms with Crippen LogP contribution in [0.1, 0.15) is 13.8 Å². The molecule has 0 spiro atoms. The van der Waals surface area contributed by atoms with Crippen LogP contribution in [0.4, 0.5) is 0 Å². The molecule has 3 rings (SSSR count). The van der Waals surface area contributed by atoms with E-state index in [9.17, 15) is 0 Å². The average molecular weight is 287 g/mol. The van der Waals surface area contributed by atoms with Crippen molar-refractivity contribution in [1.29, 1.82) is 0 Å². The van der Waals surface area contributed by atoms with Gasteiger partial charge in [0, 0.05) is 23.1 Å². The van der Waals surface area contributed by atoms with Gasteiger partial charge in [-0.2, -0.15) is 0 Å². The van der Waals surface area contributed by atoms with E-state index in [4.69, 9.17) is 0 Å². The van der Waals surface area contributed by atoms with Crippen LogP contribution in [0.15, 0.2) is 84.5 Å². The summed E-state index contributed by atoms with van der Waals surface area (Å²) in [6.45, 7) is 5.05. The van der Waals surface area contributed by atoms with Crippen molar-refractivity contribution in [2.45, 2.75) is 20.4 Å². The van der Waals surface area contributed by atoms with Gasteiger partial charge >= 0.3 is 0 Å². The summed E-state index contributed by atoms with van der Waals surface area (Å²) < 4.78 is 2.40. The van der Waals surface area contributed by atoms with E-state index in [1.807, 2.05) is 0 Å². The van der Waals surface area contributed by atoms with E-state index in [0.717, 1.165) is 6.54 Å². The summed E-state index contributed by atoms with van der Waals surface area (Å²) >= 11 is 0. The molecule has 1 heterocycles. The fourth-order valence-corrected chi connectivity index (χ4v) is 2.87. The lowest BCUT2D eigenvalue weighted by molar-refractivity contribution is 0.842. The Morgan fingerprint density at radius 3 is 2.41 bits per heavy atom. The van der Waals surface area contributed by atoms with Gasteiger partial charge in [-0.1, -0.05) is 66.8 Å². The summed E-state index contributed by atoms with van der Waals surface area (Å²) in [5.74, 6) is 0. The van der Waals surface area contributed by atoms with Crippen molar-refractivity contribution in [3.63, 3.8) is 0 Å². The molecule has 3 aromatic rings. The largest absolute Gasteiger partial charge is 0.336 e. The SMILES string of the molecule is C/C=C\C(=C/C)Cn1c(-c2ccccc2)cc2ccccc21. The van der Waals surface area contributed by atoms with Crippen LogP contribution < -0.4 is 0 Å². The zero-order chi connectivity index (χ0) is 15.4. The van der Waals surface area contributed by atoms with Gasteiger partial charge in [0.1, 0.15) is 0 Å². The molecule has 0 saturated carbocycles. The van der Waals surface area contributed by atoms with Gasteiger partial charge in [0.2, 0.25) is 0 Å². The van der Waals surface area contributed by atoms with Crippen molar-refractivity contribution >= 4 is 10.9 Å². The first-order valence-electron chi connectivity index (χ1n) is 7.75. The van der Waals surface area contributed by atoms with Gasteiger partial charge in [-0.3, -0.25) is 0 Å². The first kappa shape index (κ1) is 14.4. The van der Waals surface area contributed by atoms with Crippen molar-refractivity contribution < 1.29 is 0 Å². The molecule has 0 unspecified atom stereocenters. The molecule has 0 aliphatic carbocycles. The Balaban J connectivity index is 2.17. The van der Waals surface area contributed by atoms with Gasteiger partial charge in [-0.05, 0) is 37.1 Å². The van der Waals surface area contributed by atoms with E-state index >= 15 is 0 Å². The lowest BCUT2D eigenvalue weighted by atomic mass is 10.1. The number of para-hydroxylation sites is 1. The molecule has 2 aromatic carbocycles. The summed E-state index contributed by atoms with van der Waals surface area (Å²) in [5.41, 5.74) is 5.13. The topological polar surface area (TPSA) is 4.93 Å². The second kappa shape index (κ2) is 6.48. The number of hydrogen-bond donors (Lipinski definition) is 0. The number of rotatable bonds is 4. The molecule has 0 atom stereocenters. The molecule has 0 amide bonds. The molecule has 0 saturated heterocycles. The van der Waals surface area contributed by atoms with E-state index in [1.54, 1.807) is 0 Å². The number of fused-ring (bicyclic) bond motifs is 1. The molecule has 1 nitrogen and oxygen atoms in total. The molecular formula is C21H21N. The van der Waals surface area contributed by atoms with Crippen molar-refractivity contribution in [3.05, 3.63) is 84.5 Å². The summed E-state index contributed by atoms with van der Waals surface area (Å²) in [7, 11) is 0. The quantitative estimate of drug-likeness (QED) is 0.532. The maximum absolute atomic E-state index is 2.40. The number of allylic oxidation sites excluding steroid dienone is 4. The molecule has 1 aromatic heterocycles. The number of hydrogen-bond acceptors (Lipinski definition) is 0. The Morgan fingerprint density at radius 2 is 1.68 bits per heavy atom. The Hall–Kier alpha value is -2.54. The first-order chi connectivity index (χ1) is 10.8. The van der Waals surface area contributed by atoms with E-state index < -0.39 is 0 Å². The molecule has 0 aliphatic heterocycles. The van der Waals surface area contributed by atoms with Crippen LogP contribution in [0.25, 0.3) is 22.2 Å². The molecular weight excluding hydrogens is 266 g/mol. The summed E-state index contributed by atoms with van der Waals surface area (Å²) in [5, 5.41) is 1.29. The Morgan fingerprint density at radius 1 is 0.955 bits per heavy atom. The van der Waals surface area contributed by atoms with Gasteiger partial charge < -0.3 is 4.57 Å². The average Bonchev–Trinajstić information content (AvgIpc) is 2.94. The smallest absolute Gasteiger partial charge is 0.0494 e. The molecule has 0 N–H and O–H groups in total. The highest BCUT2D eigenvalue weighted by Gasteiger charge is 2.10. The third-order valence-electron chi connectivity index (χ3n) is 3.97. The second-order valence-corrected chi connectivity index (χ2v) is 5.40. The van der Waals surface area contributed by atoms with Crippen LogP contribution in [-0.4, -0.2) is 4.57 Å². The van der Waals surface area contributed by atoms with E-state index in [1.165, 1.54) is 27.7 Å². The van der Waals surface area contributed by atoms with Gasteiger partial charge in [0.05, 0.1) is 0 Å². The fourth-order valence-electron chi connectivity index (χ4n) is 2.87. The molecule has 0 bridgehead atoms. The Labute approximate surface area is 132 Å². The number of nitrogens with zero attached hydrogens (tertiary/aromatic N) is 1. The molecule has 110 valence electrons. The third-order valence-corrected chi connectivity index (χ3v) is 3.97. The van der Waals surface area contributed by atoms with Crippen LogP contribution in [0, 0.1) is 0 Å². The van der Waals surface area contributed by atoms with Gasteiger partial charge in [0.15, 0.2) is 0 Å². The van der Waals surface area contributed by atoms with E-state index in [2.05, 4.69) is 97.3 Å². The van der Waals surface area contributed by atoms with Crippen LogP contribution >= 0.6 is 0 Å². The zero-order valence-corrected chi connectivity index (χ0v) is 13.2. The predicted octanol–water partition coefficient (Wildman–Crippen LogP) is 5.83. The minimum Gasteiger partial charge on any atom is -0.336 e. The molecule has 0 aliphatic rings. The molecule has 0 fully saturated rings. The zero-order valence-electron chi connectivity index (χ0n) is 13.2. The molecule has 0 radical (unpaired) electrons. The van der Waals surface area contributed by atoms with Gasteiger partial charge in [0.25, 0.3) is 0 Å². The van der Waals surface area contributed by atoms with Crippen LogP contribution in [0.5, 0.6) is 0 Å². The van der Waals surface area contributed by atoms with Gasteiger partial charge in [-0.15, -0.1) is 0 Å². The summed E-state index contributed by atoms with van der Waals surface area (Å²) in [6, 6.07) is 21.5. The minimum atomic E-state index is 0.887. The highest BCUT2D eigenvalue weighted by molar-refractivity contribution is 5.87. The Bertz CT molecular complexity index is 819. The second-order valence-electron chi connectivity index (χ2n) is 5.40. The van der Waals surface area contributed by atoms with Crippen molar-refractivity contribution in [2.24, 2.45) is 0 Å². The monoisotopic (exact) mass is 287 g/mol. The third kappa shape index (κ3) is 2.75. The minimum absolute atomic E-state index is 0.887. The standard InChI is InChI=1S/C21H21N/c1-3-10-17(4-2)16-22-20-14-9-8-13-19(20)15-21(22)18-11-6-5-7-12-18/h3-15H,16H2,1-2H3/b10-3-,17-4+. The van der Waals surface area contributed by atoms with Crippen molar-refractivity contribution in [3.8, 4) is 11.3 Å². The first-order valence-corrected chi connectivity index (χ1v) is 7.75. The van der Waals surface area contributed by atoms with Crippen LogP contribution in [0.2, 0.25) is 0 Å². The van der Waals surface area contributed by atoms with Crippen molar-refractivity contribution in [2.75, 3.05) is 0 Å². The van der Waals surface area contributed by atoms with Crippen LogP contribution in [0.3, 0.4) is 0 Å². The maximum atomic E-state index is 2.40. The van der Waals surface area contributed by atoms with Crippen LogP contribution in [-0.2, 0) is 6.54 Å². The lowest BCUT2D eigenvalue weighted by Crippen LogP contribution is -2.01. The van der Waals surface area contributed by atoms with Gasteiger partial charge in [-0.25, -0.2) is 0 Å². The van der Waals surface area contributed by atoms with Crippen molar-refractivity contribution in [1.82, 2.24) is 4.57 Å². The predicted molar refractivity (Wildman–Crippen MR) is 95.9 cm³/mol. The molecule has 1 heteroatoms. The summed E-state index contributed by atoms with van der Waals surface area (Å²) in [6.07, 6.45) is 6.47. The summed E-state index contributed by atoms with van der Waals surface area (Å²) in [4.78, 5) is 0. The van der Waals surface area contributed by atoms with E-state index in [-0.39, 0.29) is 0 Å². The fraction of sp³-hybridized carbons (Fsp3) is 0.143. The normalized spacial score (nSPS) is 12.4.